The van der Waals surface area contributed by atoms with E-state index in [0.717, 1.165) is 4.21 Å². The Balaban J connectivity index is 2.15. The standard InChI is InChI=1S/C9H13NO2S2/c1-7(11)5-10-8(12)6-14-9-3-2-4-13-9/h2-4,7,11H,5-6H2,1H3,(H,10,12)/t7-/m0/s1. The summed E-state index contributed by atoms with van der Waals surface area (Å²) < 4.78 is 1.14. The number of aliphatic hydroxyl groups is 1. The number of rotatable bonds is 5. The summed E-state index contributed by atoms with van der Waals surface area (Å²) in [5.41, 5.74) is 0. The lowest BCUT2D eigenvalue weighted by molar-refractivity contribution is -0.118. The number of thiophene rings is 1. The fraction of sp³-hybridized carbons (Fsp3) is 0.444. The van der Waals surface area contributed by atoms with E-state index in [4.69, 9.17) is 5.11 Å². The minimum atomic E-state index is -0.481. The predicted octanol–water partition coefficient (Wildman–Crippen LogP) is 1.34. The van der Waals surface area contributed by atoms with Crippen LogP contribution < -0.4 is 5.32 Å². The molecule has 5 heteroatoms. The van der Waals surface area contributed by atoms with E-state index in [2.05, 4.69) is 5.32 Å². The average Bonchev–Trinajstić information content (AvgIpc) is 2.63. The van der Waals surface area contributed by atoms with Gasteiger partial charge in [0.25, 0.3) is 0 Å². The lowest BCUT2D eigenvalue weighted by atomic mass is 10.4. The fourth-order valence-corrected chi connectivity index (χ4v) is 2.41. The second-order valence-corrected chi connectivity index (χ2v) is 5.10. The molecule has 0 aliphatic carbocycles. The molecule has 1 atom stereocenters. The van der Waals surface area contributed by atoms with Gasteiger partial charge in [-0.15, -0.1) is 23.1 Å². The van der Waals surface area contributed by atoms with Crippen molar-refractivity contribution in [2.24, 2.45) is 0 Å². The number of amides is 1. The Hall–Kier alpha value is -0.520. The summed E-state index contributed by atoms with van der Waals surface area (Å²) in [6, 6.07) is 3.94. The number of carbonyl (C=O) groups is 1. The first-order chi connectivity index (χ1) is 6.68. The van der Waals surface area contributed by atoms with Gasteiger partial charge < -0.3 is 10.4 Å². The van der Waals surface area contributed by atoms with Gasteiger partial charge in [-0.05, 0) is 18.4 Å². The molecule has 14 heavy (non-hydrogen) atoms. The lowest BCUT2D eigenvalue weighted by Gasteiger charge is -2.05. The predicted molar refractivity (Wildman–Crippen MR) is 59.7 cm³/mol. The molecular weight excluding hydrogens is 218 g/mol. The summed E-state index contributed by atoms with van der Waals surface area (Å²) in [5, 5.41) is 13.6. The normalized spacial score (nSPS) is 12.4. The molecule has 0 aliphatic heterocycles. The van der Waals surface area contributed by atoms with Crippen molar-refractivity contribution in [3.8, 4) is 0 Å². The summed E-state index contributed by atoms with van der Waals surface area (Å²) in [6.07, 6.45) is -0.481. The number of hydrogen-bond acceptors (Lipinski definition) is 4. The molecule has 78 valence electrons. The van der Waals surface area contributed by atoms with Crippen molar-refractivity contribution in [2.75, 3.05) is 12.3 Å². The molecule has 1 aromatic heterocycles. The maximum Gasteiger partial charge on any atom is 0.230 e. The van der Waals surface area contributed by atoms with Crippen LogP contribution in [0.25, 0.3) is 0 Å². The highest BCUT2D eigenvalue weighted by Crippen LogP contribution is 2.22. The first-order valence-electron chi connectivity index (χ1n) is 4.29. The zero-order valence-electron chi connectivity index (χ0n) is 7.90. The van der Waals surface area contributed by atoms with E-state index in [1.807, 2.05) is 17.5 Å². The lowest BCUT2D eigenvalue weighted by Crippen LogP contribution is -2.31. The smallest absolute Gasteiger partial charge is 0.230 e. The SMILES string of the molecule is C[C@H](O)CNC(=O)CSc1cccs1. The van der Waals surface area contributed by atoms with Crippen molar-refractivity contribution in [3.63, 3.8) is 0 Å². The molecule has 0 saturated carbocycles. The van der Waals surface area contributed by atoms with Crippen LogP contribution in [0, 0.1) is 0 Å². The first-order valence-corrected chi connectivity index (χ1v) is 6.16. The number of aliphatic hydroxyl groups excluding tert-OH is 1. The monoisotopic (exact) mass is 231 g/mol. The second-order valence-electron chi connectivity index (χ2n) is 2.87. The highest BCUT2D eigenvalue weighted by atomic mass is 32.2. The molecule has 1 rings (SSSR count). The van der Waals surface area contributed by atoms with Crippen molar-refractivity contribution in [2.45, 2.75) is 17.2 Å². The Morgan fingerprint density at radius 1 is 1.79 bits per heavy atom. The van der Waals surface area contributed by atoms with Gasteiger partial charge >= 0.3 is 0 Å². The van der Waals surface area contributed by atoms with Crippen LogP contribution in [0.2, 0.25) is 0 Å². The van der Waals surface area contributed by atoms with Gasteiger partial charge in [-0.25, -0.2) is 0 Å². The van der Waals surface area contributed by atoms with Crippen LogP contribution in [0.5, 0.6) is 0 Å². The van der Waals surface area contributed by atoms with E-state index in [-0.39, 0.29) is 5.91 Å². The van der Waals surface area contributed by atoms with Gasteiger partial charge in [-0.1, -0.05) is 6.07 Å². The van der Waals surface area contributed by atoms with Gasteiger partial charge in [-0.3, -0.25) is 4.79 Å². The van der Waals surface area contributed by atoms with Crippen LogP contribution in [0.15, 0.2) is 21.7 Å². The Bertz CT molecular complexity index is 272. The van der Waals surface area contributed by atoms with Gasteiger partial charge in [0.15, 0.2) is 0 Å². The summed E-state index contributed by atoms with van der Waals surface area (Å²) in [7, 11) is 0. The molecule has 1 heterocycles. The van der Waals surface area contributed by atoms with Gasteiger partial charge in [0.2, 0.25) is 5.91 Å². The van der Waals surface area contributed by atoms with Crippen LogP contribution in [-0.4, -0.2) is 29.4 Å². The number of carbonyl (C=O) groups excluding carboxylic acids is 1. The molecule has 0 spiro atoms. The Labute approximate surface area is 91.5 Å². The molecule has 2 N–H and O–H groups in total. The summed E-state index contributed by atoms with van der Waals surface area (Å²) in [6.45, 7) is 1.97. The fourth-order valence-electron chi connectivity index (χ4n) is 0.795. The van der Waals surface area contributed by atoms with Crippen molar-refractivity contribution in [1.82, 2.24) is 5.32 Å². The third kappa shape index (κ3) is 4.64. The van der Waals surface area contributed by atoms with E-state index in [1.165, 1.54) is 11.8 Å². The van der Waals surface area contributed by atoms with Crippen molar-refractivity contribution in [1.29, 1.82) is 0 Å². The number of thioether (sulfide) groups is 1. The zero-order chi connectivity index (χ0) is 10.4. The minimum Gasteiger partial charge on any atom is -0.392 e. The molecule has 0 aromatic carbocycles. The number of nitrogens with one attached hydrogen (secondary N) is 1. The van der Waals surface area contributed by atoms with Gasteiger partial charge in [-0.2, -0.15) is 0 Å². The highest BCUT2D eigenvalue weighted by molar-refractivity contribution is 8.01. The highest BCUT2D eigenvalue weighted by Gasteiger charge is 2.04. The summed E-state index contributed by atoms with van der Waals surface area (Å²) in [4.78, 5) is 11.2. The maximum atomic E-state index is 11.2. The first kappa shape index (κ1) is 11.6. The average molecular weight is 231 g/mol. The van der Waals surface area contributed by atoms with E-state index >= 15 is 0 Å². The third-order valence-corrected chi connectivity index (χ3v) is 3.57. The third-order valence-electron chi connectivity index (χ3n) is 1.44. The van der Waals surface area contributed by atoms with Crippen LogP contribution >= 0.6 is 23.1 Å². The van der Waals surface area contributed by atoms with Gasteiger partial charge in [0.1, 0.15) is 0 Å². The molecule has 1 aromatic rings. The molecular formula is C9H13NO2S2. The van der Waals surface area contributed by atoms with Gasteiger partial charge in [0.05, 0.1) is 16.1 Å². The number of hydrogen-bond donors (Lipinski definition) is 2. The second kappa shape index (κ2) is 6.06. The van der Waals surface area contributed by atoms with Crippen molar-refractivity contribution in [3.05, 3.63) is 17.5 Å². The van der Waals surface area contributed by atoms with Crippen LogP contribution in [0.1, 0.15) is 6.92 Å². The Morgan fingerprint density at radius 3 is 3.14 bits per heavy atom. The van der Waals surface area contributed by atoms with E-state index in [9.17, 15) is 4.79 Å². The van der Waals surface area contributed by atoms with Crippen LogP contribution in [-0.2, 0) is 4.79 Å². The molecule has 0 saturated heterocycles. The van der Waals surface area contributed by atoms with Gasteiger partial charge in [0, 0.05) is 6.54 Å². The molecule has 0 fully saturated rings. The van der Waals surface area contributed by atoms with Crippen molar-refractivity contribution >= 4 is 29.0 Å². The summed E-state index contributed by atoms with van der Waals surface area (Å²) in [5.74, 6) is 0.372. The van der Waals surface area contributed by atoms with Crippen LogP contribution in [0.4, 0.5) is 0 Å². The Kier molecular flexibility index (Phi) is 5.00. The van der Waals surface area contributed by atoms with E-state index < -0.39 is 6.10 Å². The molecule has 1 amide bonds. The quantitative estimate of drug-likeness (QED) is 0.752. The molecule has 0 aliphatic rings. The molecule has 0 bridgehead atoms. The maximum absolute atomic E-state index is 11.2. The largest absolute Gasteiger partial charge is 0.392 e. The molecule has 3 nitrogen and oxygen atoms in total. The topological polar surface area (TPSA) is 49.3 Å². The minimum absolute atomic E-state index is 0.0377. The summed E-state index contributed by atoms with van der Waals surface area (Å²) >= 11 is 3.13. The molecule has 0 radical (unpaired) electrons. The van der Waals surface area contributed by atoms with Crippen molar-refractivity contribution < 1.29 is 9.90 Å². The van der Waals surface area contributed by atoms with Crippen LogP contribution in [0.3, 0.4) is 0 Å². The van der Waals surface area contributed by atoms with E-state index in [0.29, 0.717) is 12.3 Å². The molecule has 0 unspecified atom stereocenters. The van der Waals surface area contributed by atoms with E-state index in [1.54, 1.807) is 18.3 Å². The Morgan fingerprint density at radius 2 is 2.57 bits per heavy atom. The zero-order valence-corrected chi connectivity index (χ0v) is 9.53.